The molecule has 0 aromatic heterocycles. The molecule has 5 nitrogen and oxygen atoms in total. The van der Waals surface area contributed by atoms with Crippen LogP contribution in [0.3, 0.4) is 0 Å². The minimum atomic E-state index is 0.405. The Morgan fingerprint density at radius 1 is 1.03 bits per heavy atom. The van der Waals surface area contributed by atoms with E-state index in [1.165, 1.54) is 36.1 Å². The van der Waals surface area contributed by atoms with Gasteiger partial charge in [-0.05, 0) is 73.7 Å². The molecule has 0 aliphatic carbocycles. The highest BCUT2D eigenvalue weighted by Crippen LogP contribution is 2.45. The van der Waals surface area contributed by atoms with Gasteiger partial charge < -0.3 is 14.2 Å². The van der Waals surface area contributed by atoms with Crippen LogP contribution in [-0.2, 0) is 4.74 Å². The Morgan fingerprint density at radius 2 is 1.88 bits per heavy atom. The summed E-state index contributed by atoms with van der Waals surface area (Å²) < 4.78 is 17.1. The lowest BCUT2D eigenvalue weighted by Gasteiger charge is -2.37. The number of fused-ring (bicyclic) bond motifs is 3. The summed E-state index contributed by atoms with van der Waals surface area (Å²) in [6.45, 7) is 9.11. The van der Waals surface area contributed by atoms with E-state index in [2.05, 4.69) is 59.2 Å². The normalized spacial score (nSPS) is 25.9. The van der Waals surface area contributed by atoms with Gasteiger partial charge in [-0.3, -0.25) is 9.80 Å². The van der Waals surface area contributed by atoms with Gasteiger partial charge in [0.1, 0.15) is 11.5 Å². The monoisotopic (exact) mass is 436 g/mol. The highest BCUT2D eigenvalue weighted by molar-refractivity contribution is 5.47. The van der Waals surface area contributed by atoms with E-state index < -0.39 is 0 Å². The number of hydrogen-bond donors (Lipinski definition) is 0. The predicted molar refractivity (Wildman–Crippen MR) is 127 cm³/mol. The van der Waals surface area contributed by atoms with Gasteiger partial charge in [-0.15, -0.1) is 0 Å². The van der Waals surface area contributed by atoms with E-state index in [0.717, 1.165) is 57.4 Å². The van der Waals surface area contributed by atoms with Gasteiger partial charge in [-0.1, -0.05) is 18.2 Å². The number of benzene rings is 2. The summed E-state index contributed by atoms with van der Waals surface area (Å²) >= 11 is 0. The molecule has 32 heavy (non-hydrogen) atoms. The van der Waals surface area contributed by atoms with Crippen molar-refractivity contribution in [2.75, 3.05) is 53.1 Å². The molecule has 0 spiro atoms. The predicted octanol–water partition coefficient (Wildman–Crippen LogP) is 4.47. The quantitative estimate of drug-likeness (QED) is 0.599. The summed E-state index contributed by atoms with van der Waals surface area (Å²) in [6, 6.07) is 16.5. The average molecular weight is 437 g/mol. The van der Waals surface area contributed by atoms with Crippen LogP contribution in [0.25, 0.3) is 0 Å². The second-order valence-corrected chi connectivity index (χ2v) is 9.43. The maximum atomic E-state index is 6.23. The topological polar surface area (TPSA) is 34.2 Å². The first-order chi connectivity index (χ1) is 15.7. The van der Waals surface area contributed by atoms with Gasteiger partial charge in [0.15, 0.2) is 0 Å². The van der Waals surface area contributed by atoms with Crippen LogP contribution in [0.2, 0.25) is 0 Å². The van der Waals surface area contributed by atoms with Crippen molar-refractivity contribution in [2.24, 2.45) is 0 Å². The molecular weight excluding hydrogens is 400 g/mol. The van der Waals surface area contributed by atoms with Crippen LogP contribution >= 0.6 is 0 Å². The fourth-order valence-electron chi connectivity index (χ4n) is 5.65. The lowest BCUT2D eigenvalue weighted by atomic mass is 9.81. The fourth-order valence-corrected chi connectivity index (χ4v) is 5.65. The fraction of sp³-hybridized carbons (Fsp3) is 0.556. The molecule has 0 bridgehead atoms. The van der Waals surface area contributed by atoms with Crippen molar-refractivity contribution in [1.82, 2.24) is 9.80 Å². The molecule has 0 saturated carbocycles. The lowest BCUT2D eigenvalue weighted by molar-refractivity contribution is -0.00201. The van der Waals surface area contributed by atoms with Gasteiger partial charge in [0.25, 0.3) is 0 Å². The summed E-state index contributed by atoms with van der Waals surface area (Å²) in [7, 11) is 1.73. The van der Waals surface area contributed by atoms with Gasteiger partial charge in [0.05, 0.1) is 26.9 Å². The Hall–Kier alpha value is -2.08. The van der Waals surface area contributed by atoms with E-state index in [1.54, 1.807) is 7.11 Å². The number of methoxy groups -OCH3 is 1. The van der Waals surface area contributed by atoms with E-state index in [9.17, 15) is 0 Å². The molecule has 2 saturated heterocycles. The molecule has 3 heterocycles. The van der Waals surface area contributed by atoms with Crippen LogP contribution in [0.15, 0.2) is 42.5 Å². The number of ether oxygens (including phenoxy) is 3. The van der Waals surface area contributed by atoms with Crippen LogP contribution < -0.4 is 9.47 Å². The summed E-state index contributed by atoms with van der Waals surface area (Å²) in [5, 5.41) is 0. The van der Waals surface area contributed by atoms with Crippen LogP contribution in [0.5, 0.6) is 11.5 Å². The Morgan fingerprint density at radius 3 is 2.69 bits per heavy atom. The number of rotatable bonds is 7. The van der Waals surface area contributed by atoms with Crippen molar-refractivity contribution >= 4 is 0 Å². The zero-order chi connectivity index (χ0) is 21.9. The maximum Gasteiger partial charge on any atom is 0.119 e. The minimum Gasteiger partial charge on any atom is -0.497 e. The third-order valence-corrected chi connectivity index (χ3v) is 7.46. The zero-order valence-corrected chi connectivity index (χ0v) is 19.5. The van der Waals surface area contributed by atoms with Crippen molar-refractivity contribution in [2.45, 2.75) is 44.2 Å². The lowest BCUT2D eigenvalue weighted by Crippen LogP contribution is -2.44. The van der Waals surface area contributed by atoms with Gasteiger partial charge in [-0.25, -0.2) is 0 Å². The Bertz CT molecular complexity index is 900. The molecule has 172 valence electrons. The van der Waals surface area contributed by atoms with Crippen molar-refractivity contribution in [3.63, 3.8) is 0 Å². The van der Waals surface area contributed by atoms with Crippen LogP contribution in [0.4, 0.5) is 0 Å². The molecule has 2 aromatic carbocycles. The molecule has 3 atom stereocenters. The third kappa shape index (κ3) is 4.52. The van der Waals surface area contributed by atoms with E-state index >= 15 is 0 Å². The highest BCUT2D eigenvalue weighted by Gasteiger charge is 2.36. The average Bonchev–Trinajstić information content (AvgIpc) is 3.31. The van der Waals surface area contributed by atoms with E-state index in [4.69, 9.17) is 14.2 Å². The smallest absolute Gasteiger partial charge is 0.119 e. The molecule has 5 heteroatoms. The second kappa shape index (κ2) is 9.82. The molecule has 0 N–H and O–H groups in total. The molecular formula is C27H36N2O3. The summed E-state index contributed by atoms with van der Waals surface area (Å²) in [5.74, 6) is 2.34. The van der Waals surface area contributed by atoms with Crippen molar-refractivity contribution in [3.05, 3.63) is 59.2 Å². The second-order valence-electron chi connectivity index (χ2n) is 9.43. The van der Waals surface area contributed by atoms with Crippen LogP contribution in [0, 0.1) is 0 Å². The van der Waals surface area contributed by atoms with Crippen LogP contribution in [0.1, 0.15) is 54.8 Å². The first kappa shape index (κ1) is 21.7. The number of hydrogen-bond acceptors (Lipinski definition) is 5. The minimum absolute atomic E-state index is 0.405. The van der Waals surface area contributed by atoms with Crippen molar-refractivity contribution < 1.29 is 14.2 Å². The van der Waals surface area contributed by atoms with E-state index in [0.29, 0.717) is 18.0 Å². The molecule has 3 aliphatic heterocycles. The zero-order valence-electron chi connectivity index (χ0n) is 19.5. The molecule has 0 unspecified atom stereocenters. The largest absolute Gasteiger partial charge is 0.497 e. The molecule has 5 rings (SSSR count). The Labute approximate surface area is 192 Å². The Balaban J connectivity index is 1.28. The van der Waals surface area contributed by atoms with Gasteiger partial charge in [0.2, 0.25) is 0 Å². The van der Waals surface area contributed by atoms with Gasteiger partial charge in [-0.2, -0.15) is 0 Å². The van der Waals surface area contributed by atoms with Gasteiger partial charge >= 0.3 is 0 Å². The van der Waals surface area contributed by atoms with E-state index in [-0.39, 0.29) is 0 Å². The summed E-state index contributed by atoms with van der Waals surface area (Å²) in [6.07, 6.45) is 3.58. The number of morpholine rings is 1. The first-order valence-electron chi connectivity index (χ1n) is 12.2. The molecule has 2 fully saturated rings. The van der Waals surface area contributed by atoms with E-state index in [1.807, 2.05) is 0 Å². The molecule has 3 aliphatic rings. The van der Waals surface area contributed by atoms with Crippen molar-refractivity contribution in [3.8, 4) is 11.5 Å². The SMILES string of the molecule is COc1ccc([C@H]2CN3CCC[C@@H]3c3cc(OCCCN4CCOC[C@@H]4C)ccc32)cc1. The summed E-state index contributed by atoms with van der Waals surface area (Å²) in [4.78, 5) is 5.18. The first-order valence-corrected chi connectivity index (χ1v) is 12.2. The molecule has 2 aromatic rings. The standard InChI is InChI=1S/C27H36N2O3/c1-20-19-31-16-14-28(20)13-4-15-32-23-10-11-24-25(17-23)27-5-3-12-29(27)18-26(24)21-6-8-22(30-2)9-7-21/h6-11,17,20,26-27H,3-5,12-16,18-19H2,1-2H3/t20-,26+,27+/m0/s1. The van der Waals surface area contributed by atoms with Crippen LogP contribution in [-0.4, -0.2) is 69.0 Å². The van der Waals surface area contributed by atoms with Crippen molar-refractivity contribution in [1.29, 1.82) is 0 Å². The molecule has 0 amide bonds. The third-order valence-electron chi connectivity index (χ3n) is 7.46. The Kier molecular flexibility index (Phi) is 6.67. The number of nitrogens with zero attached hydrogens (tertiary/aromatic N) is 2. The van der Waals surface area contributed by atoms with Gasteiger partial charge in [0, 0.05) is 37.6 Å². The molecule has 0 radical (unpaired) electrons. The maximum absolute atomic E-state index is 6.23. The summed E-state index contributed by atoms with van der Waals surface area (Å²) in [5.41, 5.74) is 4.30. The highest BCUT2D eigenvalue weighted by atomic mass is 16.5.